The standard InChI is InChI=1S/C16H27Br2N3/c1-2-3-4-5-6-7-8-9-10-15(21-19)16-14(18)11-13(17)12-20-16/h11-12,15,21H,2-10,19H2,1H3. The number of rotatable bonds is 11. The summed E-state index contributed by atoms with van der Waals surface area (Å²) in [6, 6.07) is 2.13. The number of halogens is 2. The first kappa shape index (κ1) is 19.1. The smallest absolute Gasteiger partial charge is 0.0729 e. The van der Waals surface area contributed by atoms with Crippen molar-refractivity contribution in [1.82, 2.24) is 10.4 Å². The Morgan fingerprint density at radius 2 is 1.71 bits per heavy atom. The predicted molar refractivity (Wildman–Crippen MR) is 96.9 cm³/mol. The predicted octanol–water partition coefficient (Wildman–Crippen LogP) is 5.64. The molecule has 0 spiro atoms. The van der Waals surface area contributed by atoms with Crippen LogP contribution in [-0.4, -0.2) is 4.98 Å². The van der Waals surface area contributed by atoms with Crippen molar-refractivity contribution in [3.63, 3.8) is 0 Å². The molecule has 1 aromatic rings. The molecule has 3 nitrogen and oxygen atoms in total. The van der Waals surface area contributed by atoms with Crippen molar-refractivity contribution < 1.29 is 0 Å². The SMILES string of the molecule is CCCCCCCCCCC(NN)c1ncc(Br)cc1Br. The van der Waals surface area contributed by atoms with E-state index in [0.717, 1.165) is 21.1 Å². The molecule has 3 N–H and O–H groups in total. The van der Waals surface area contributed by atoms with Crippen molar-refractivity contribution in [3.8, 4) is 0 Å². The number of nitrogens with one attached hydrogen (secondary N) is 1. The van der Waals surface area contributed by atoms with Gasteiger partial charge in [0.2, 0.25) is 0 Å². The molecule has 0 amide bonds. The van der Waals surface area contributed by atoms with Gasteiger partial charge in [0.05, 0.1) is 11.7 Å². The molecule has 0 fully saturated rings. The second kappa shape index (κ2) is 11.6. The van der Waals surface area contributed by atoms with Gasteiger partial charge in [-0.2, -0.15) is 0 Å². The molecule has 1 aromatic heterocycles. The number of unbranched alkanes of at least 4 members (excludes halogenated alkanes) is 7. The first-order valence-corrected chi connectivity index (χ1v) is 9.54. The van der Waals surface area contributed by atoms with Gasteiger partial charge in [-0.3, -0.25) is 16.3 Å². The van der Waals surface area contributed by atoms with Gasteiger partial charge in [-0.05, 0) is 44.3 Å². The summed E-state index contributed by atoms with van der Waals surface area (Å²) in [6.07, 6.45) is 13.5. The Morgan fingerprint density at radius 3 is 2.29 bits per heavy atom. The highest BCUT2D eigenvalue weighted by Gasteiger charge is 2.14. The lowest BCUT2D eigenvalue weighted by molar-refractivity contribution is 0.465. The average Bonchev–Trinajstić information content (AvgIpc) is 2.47. The fourth-order valence-corrected chi connectivity index (χ4v) is 3.73. The van der Waals surface area contributed by atoms with Crippen LogP contribution < -0.4 is 11.3 Å². The highest BCUT2D eigenvalue weighted by atomic mass is 79.9. The Labute approximate surface area is 145 Å². The normalized spacial score (nSPS) is 12.6. The van der Waals surface area contributed by atoms with Gasteiger partial charge in [0.1, 0.15) is 0 Å². The van der Waals surface area contributed by atoms with Crippen molar-refractivity contribution >= 4 is 31.9 Å². The van der Waals surface area contributed by atoms with E-state index in [1.807, 2.05) is 12.3 Å². The molecule has 1 atom stereocenters. The number of pyridine rings is 1. The maximum atomic E-state index is 5.68. The average molecular weight is 421 g/mol. The van der Waals surface area contributed by atoms with Crippen molar-refractivity contribution in [2.45, 2.75) is 70.8 Å². The van der Waals surface area contributed by atoms with Gasteiger partial charge in [-0.25, -0.2) is 0 Å². The lowest BCUT2D eigenvalue weighted by Gasteiger charge is -2.16. The van der Waals surface area contributed by atoms with Crippen LogP contribution in [0, 0.1) is 0 Å². The summed E-state index contributed by atoms with van der Waals surface area (Å²) in [5.74, 6) is 5.68. The zero-order valence-electron chi connectivity index (χ0n) is 12.9. The molecule has 0 aliphatic heterocycles. The number of nitrogens with zero attached hydrogens (tertiary/aromatic N) is 1. The summed E-state index contributed by atoms with van der Waals surface area (Å²) in [6.45, 7) is 2.26. The first-order chi connectivity index (χ1) is 10.2. The molecule has 1 heterocycles. The topological polar surface area (TPSA) is 50.9 Å². The summed E-state index contributed by atoms with van der Waals surface area (Å²) in [7, 11) is 0. The van der Waals surface area contributed by atoms with Gasteiger partial charge >= 0.3 is 0 Å². The second-order valence-electron chi connectivity index (χ2n) is 5.50. The maximum absolute atomic E-state index is 5.68. The van der Waals surface area contributed by atoms with Crippen LogP contribution in [0.3, 0.4) is 0 Å². The van der Waals surface area contributed by atoms with E-state index in [9.17, 15) is 0 Å². The van der Waals surface area contributed by atoms with Gasteiger partial charge in [-0.15, -0.1) is 0 Å². The molecule has 0 aromatic carbocycles. The van der Waals surface area contributed by atoms with Gasteiger partial charge in [0, 0.05) is 15.1 Å². The molecule has 21 heavy (non-hydrogen) atoms. The summed E-state index contributed by atoms with van der Waals surface area (Å²) < 4.78 is 1.97. The molecule has 0 aliphatic carbocycles. The molecule has 1 unspecified atom stereocenters. The molecule has 1 rings (SSSR count). The van der Waals surface area contributed by atoms with E-state index in [0.29, 0.717) is 0 Å². The molecular weight excluding hydrogens is 394 g/mol. The molecule has 0 saturated carbocycles. The fraction of sp³-hybridized carbons (Fsp3) is 0.688. The van der Waals surface area contributed by atoms with Crippen LogP contribution in [0.2, 0.25) is 0 Å². The number of nitrogens with two attached hydrogens (primary N) is 1. The van der Waals surface area contributed by atoms with Crippen LogP contribution in [0.4, 0.5) is 0 Å². The number of aromatic nitrogens is 1. The highest BCUT2D eigenvalue weighted by molar-refractivity contribution is 9.11. The monoisotopic (exact) mass is 419 g/mol. The summed E-state index contributed by atoms with van der Waals surface area (Å²) in [4.78, 5) is 4.46. The van der Waals surface area contributed by atoms with Crippen LogP contribution in [0.1, 0.15) is 76.4 Å². The van der Waals surface area contributed by atoms with E-state index in [4.69, 9.17) is 5.84 Å². The van der Waals surface area contributed by atoms with Crippen molar-refractivity contribution in [1.29, 1.82) is 0 Å². The van der Waals surface area contributed by atoms with Crippen LogP contribution in [0.15, 0.2) is 21.2 Å². The van der Waals surface area contributed by atoms with E-state index in [1.165, 1.54) is 51.4 Å². The number of hydrazine groups is 1. The minimum Gasteiger partial charge on any atom is -0.271 e. The van der Waals surface area contributed by atoms with E-state index in [1.54, 1.807) is 0 Å². The van der Waals surface area contributed by atoms with Gasteiger partial charge in [0.15, 0.2) is 0 Å². The third kappa shape index (κ3) is 7.73. The molecule has 5 heteroatoms. The maximum Gasteiger partial charge on any atom is 0.0729 e. The Hall–Kier alpha value is 0.0300. The minimum atomic E-state index is 0.118. The Kier molecular flexibility index (Phi) is 10.5. The summed E-state index contributed by atoms with van der Waals surface area (Å²) in [5.41, 5.74) is 3.88. The third-order valence-corrected chi connectivity index (χ3v) is 4.78. The molecule has 0 radical (unpaired) electrons. The van der Waals surface area contributed by atoms with Crippen molar-refractivity contribution in [2.75, 3.05) is 0 Å². The van der Waals surface area contributed by atoms with Crippen molar-refractivity contribution in [3.05, 3.63) is 26.9 Å². The number of hydrogen-bond donors (Lipinski definition) is 2. The summed E-state index contributed by atoms with van der Waals surface area (Å²) >= 11 is 6.98. The van der Waals surface area contributed by atoms with E-state index in [2.05, 4.69) is 49.2 Å². The Morgan fingerprint density at radius 1 is 1.10 bits per heavy atom. The van der Waals surface area contributed by atoms with E-state index >= 15 is 0 Å². The Bertz CT molecular complexity index is 399. The summed E-state index contributed by atoms with van der Waals surface area (Å²) in [5, 5.41) is 0. The molecule has 0 saturated heterocycles. The molecule has 120 valence electrons. The Balaban J connectivity index is 2.25. The van der Waals surface area contributed by atoms with Crippen LogP contribution >= 0.6 is 31.9 Å². The lowest BCUT2D eigenvalue weighted by Crippen LogP contribution is -2.29. The van der Waals surface area contributed by atoms with E-state index in [-0.39, 0.29) is 6.04 Å². The van der Waals surface area contributed by atoms with E-state index < -0.39 is 0 Å². The largest absolute Gasteiger partial charge is 0.271 e. The van der Waals surface area contributed by atoms with Crippen LogP contribution in [0.25, 0.3) is 0 Å². The molecule has 0 aliphatic rings. The molecular formula is C16H27Br2N3. The van der Waals surface area contributed by atoms with Crippen LogP contribution in [0.5, 0.6) is 0 Å². The van der Waals surface area contributed by atoms with Crippen LogP contribution in [-0.2, 0) is 0 Å². The lowest BCUT2D eigenvalue weighted by atomic mass is 10.0. The third-order valence-electron chi connectivity index (χ3n) is 3.71. The number of hydrogen-bond acceptors (Lipinski definition) is 3. The highest BCUT2D eigenvalue weighted by Crippen LogP contribution is 2.27. The van der Waals surface area contributed by atoms with Crippen molar-refractivity contribution in [2.24, 2.45) is 5.84 Å². The van der Waals surface area contributed by atoms with Gasteiger partial charge in [0.25, 0.3) is 0 Å². The van der Waals surface area contributed by atoms with Gasteiger partial charge in [-0.1, -0.05) is 58.3 Å². The van der Waals surface area contributed by atoms with Gasteiger partial charge < -0.3 is 0 Å². The quantitative estimate of drug-likeness (QED) is 0.276. The first-order valence-electron chi connectivity index (χ1n) is 7.96. The second-order valence-corrected chi connectivity index (χ2v) is 7.27. The molecule has 0 bridgehead atoms. The minimum absolute atomic E-state index is 0.118. The zero-order chi connectivity index (χ0) is 15.5. The zero-order valence-corrected chi connectivity index (χ0v) is 16.0. The fourth-order valence-electron chi connectivity index (χ4n) is 2.46.